The van der Waals surface area contributed by atoms with Crippen LogP contribution in [-0.4, -0.2) is 5.91 Å². The number of benzene rings is 2. The first kappa shape index (κ1) is 14.3. The molecule has 0 aliphatic heterocycles. The number of nitrogens with one attached hydrogen (secondary N) is 2. The van der Waals surface area contributed by atoms with Crippen LogP contribution < -0.4 is 10.9 Å². The summed E-state index contributed by atoms with van der Waals surface area (Å²) in [6.07, 6.45) is 4.50. The van der Waals surface area contributed by atoms with Gasteiger partial charge < -0.3 is 5.43 Å². The molecule has 2 aromatic rings. The molecule has 0 saturated heterocycles. The minimum absolute atomic E-state index is 0.171. The lowest BCUT2D eigenvalue weighted by Crippen LogP contribution is -2.33. The van der Waals surface area contributed by atoms with Gasteiger partial charge in [0.15, 0.2) is 0 Å². The third-order valence-corrected chi connectivity index (χ3v) is 3.16. The lowest BCUT2D eigenvalue weighted by atomic mass is 10.1. The summed E-state index contributed by atoms with van der Waals surface area (Å²) in [7, 11) is 0. The second-order valence-electron chi connectivity index (χ2n) is 4.20. The molecule has 4 heteroatoms. The van der Waals surface area contributed by atoms with Gasteiger partial charge >= 0.3 is 0 Å². The summed E-state index contributed by atoms with van der Waals surface area (Å²) in [5.74, 6) is -0.171. The van der Waals surface area contributed by atoms with Gasteiger partial charge in [-0.05, 0) is 30.2 Å². The second-order valence-corrected chi connectivity index (χ2v) is 5.12. The Labute approximate surface area is 126 Å². The third-order valence-electron chi connectivity index (χ3n) is 2.67. The van der Waals surface area contributed by atoms with Crippen LogP contribution in [-0.2, 0) is 6.42 Å². The van der Waals surface area contributed by atoms with E-state index in [-0.39, 0.29) is 5.91 Å². The van der Waals surface area contributed by atoms with Gasteiger partial charge in [0.25, 0.3) is 5.91 Å². The number of carbonyl (C=O) groups is 1. The van der Waals surface area contributed by atoms with E-state index in [4.69, 9.17) is 0 Å². The largest absolute Gasteiger partial charge is 0.306 e. The van der Waals surface area contributed by atoms with E-state index in [2.05, 4.69) is 38.9 Å². The fraction of sp³-hybridized carbons (Fsp3) is 0.0625. The molecule has 0 aromatic heterocycles. The summed E-state index contributed by atoms with van der Waals surface area (Å²) in [6.45, 7) is 0. The number of hydrazine groups is 1. The number of halogens is 1. The van der Waals surface area contributed by atoms with E-state index < -0.39 is 0 Å². The van der Waals surface area contributed by atoms with Gasteiger partial charge in [-0.1, -0.05) is 58.4 Å². The standard InChI is InChI=1S/C16H15BrN2O/c17-15-10-4-9-14(12-15)16(20)19-18-11-5-8-13-6-2-1-3-7-13/h1-7,9-12,18H,8H2,(H,19,20). The van der Waals surface area contributed by atoms with Crippen molar-refractivity contribution in [3.63, 3.8) is 0 Å². The average molecular weight is 331 g/mol. The second kappa shape index (κ2) is 7.50. The summed E-state index contributed by atoms with van der Waals surface area (Å²) < 4.78 is 0.879. The number of hydrogen-bond acceptors (Lipinski definition) is 2. The van der Waals surface area contributed by atoms with Crippen LogP contribution in [0.25, 0.3) is 0 Å². The van der Waals surface area contributed by atoms with Crippen LogP contribution in [0, 0.1) is 0 Å². The molecule has 3 nitrogen and oxygen atoms in total. The van der Waals surface area contributed by atoms with Gasteiger partial charge in [0, 0.05) is 16.2 Å². The first-order chi connectivity index (χ1) is 9.75. The van der Waals surface area contributed by atoms with Gasteiger partial charge in [-0.15, -0.1) is 0 Å². The zero-order valence-corrected chi connectivity index (χ0v) is 12.4. The lowest BCUT2D eigenvalue weighted by Gasteiger charge is -2.04. The summed E-state index contributed by atoms with van der Waals surface area (Å²) in [4.78, 5) is 11.8. The molecule has 102 valence electrons. The number of allylic oxidation sites excluding steroid dienone is 1. The molecular weight excluding hydrogens is 316 g/mol. The Kier molecular flexibility index (Phi) is 5.38. The van der Waals surface area contributed by atoms with Crippen LogP contribution in [0.5, 0.6) is 0 Å². The number of rotatable bonds is 5. The summed E-state index contributed by atoms with van der Waals surface area (Å²) in [5.41, 5.74) is 7.22. The van der Waals surface area contributed by atoms with Crippen LogP contribution in [0.2, 0.25) is 0 Å². The van der Waals surface area contributed by atoms with E-state index in [9.17, 15) is 4.79 Å². The highest BCUT2D eigenvalue weighted by molar-refractivity contribution is 9.10. The minimum Gasteiger partial charge on any atom is -0.306 e. The Morgan fingerprint density at radius 2 is 1.90 bits per heavy atom. The predicted octanol–water partition coefficient (Wildman–Crippen LogP) is 3.44. The number of amides is 1. The zero-order chi connectivity index (χ0) is 14.2. The smallest absolute Gasteiger partial charge is 0.269 e. The van der Waals surface area contributed by atoms with E-state index in [1.54, 1.807) is 18.3 Å². The monoisotopic (exact) mass is 330 g/mol. The SMILES string of the molecule is O=C(NNC=CCc1ccccc1)c1cccc(Br)c1. The van der Waals surface area contributed by atoms with Gasteiger partial charge in [-0.25, -0.2) is 0 Å². The normalized spacial score (nSPS) is 10.4. The molecule has 0 fully saturated rings. The molecule has 0 radical (unpaired) electrons. The van der Waals surface area contributed by atoms with Gasteiger partial charge in [0.05, 0.1) is 0 Å². The van der Waals surface area contributed by atoms with Crippen molar-refractivity contribution in [3.8, 4) is 0 Å². The highest BCUT2D eigenvalue weighted by Crippen LogP contribution is 2.11. The maximum atomic E-state index is 11.8. The van der Waals surface area contributed by atoms with E-state index in [0.29, 0.717) is 5.56 Å². The van der Waals surface area contributed by atoms with Crippen LogP contribution in [0.4, 0.5) is 0 Å². The Morgan fingerprint density at radius 3 is 2.65 bits per heavy atom. The fourth-order valence-corrected chi connectivity index (χ4v) is 2.08. The van der Waals surface area contributed by atoms with Crippen LogP contribution in [0.1, 0.15) is 15.9 Å². The van der Waals surface area contributed by atoms with Crippen LogP contribution in [0.15, 0.2) is 71.3 Å². The Balaban J connectivity index is 1.77. The van der Waals surface area contributed by atoms with E-state index >= 15 is 0 Å². The summed E-state index contributed by atoms with van der Waals surface area (Å²) in [6, 6.07) is 17.4. The van der Waals surface area contributed by atoms with Gasteiger partial charge in [-0.2, -0.15) is 0 Å². The molecular formula is C16H15BrN2O. The van der Waals surface area contributed by atoms with Crippen molar-refractivity contribution in [2.24, 2.45) is 0 Å². The molecule has 0 heterocycles. The van der Waals surface area contributed by atoms with Crippen molar-refractivity contribution in [1.82, 2.24) is 10.9 Å². The first-order valence-corrected chi connectivity index (χ1v) is 7.05. The minimum atomic E-state index is -0.171. The van der Waals surface area contributed by atoms with Crippen molar-refractivity contribution in [1.29, 1.82) is 0 Å². The third kappa shape index (κ3) is 4.55. The van der Waals surface area contributed by atoms with Crippen molar-refractivity contribution in [2.45, 2.75) is 6.42 Å². The van der Waals surface area contributed by atoms with E-state index in [1.165, 1.54) is 5.56 Å². The lowest BCUT2D eigenvalue weighted by molar-refractivity contribution is 0.0941. The van der Waals surface area contributed by atoms with Crippen LogP contribution in [0.3, 0.4) is 0 Å². The van der Waals surface area contributed by atoms with Gasteiger partial charge in [-0.3, -0.25) is 10.2 Å². The molecule has 2 N–H and O–H groups in total. The molecule has 2 aromatic carbocycles. The van der Waals surface area contributed by atoms with E-state index in [0.717, 1.165) is 10.9 Å². The number of carbonyl (C=O) groups excluding carboxylic acids is 1. The number of hydrogen-bond donors (Lipinski definition) is 2. The Hall–Kier alpha value is -2.07. The molecule has 20 heavy (non-hydrogen) atoms. The first-order valence-electron chi connectivity index (χ1n) is 6.26. The highest BCUT2D eigenvalue weighted by Gasteiger charge is 2.03. The maximum absolute atomic E-state index is 11.8. The van der Waals surface area contributed by atoms with Crippen molar-refractivity contribution < 1.29 is 4.79 Å². The molecule has 0 saturated carbocycles. The van der Waals surface area contributed by atoms with Crippen molar-refractivity contribution in [2.75, 3.05) is 0 Å². The predicted molar refractivity (Wildman–Crippen MR) is 84.0 cm³/mol. The highest BCUT2D eigenvalue weighted by atomic mass is 79.9. The molecule has 1 amide bonds. The molecule has 0 aliphatic rings. The maximum Gasteiger partial charge on any atom is 0.269 e. The van der Waals surface area contributed by atoms with Crippen molar-refractivity contribution in [3.05, 3.63) is 82.5 Å². The molecule has 2 rings (SSSR count). The van der Waals surface area contributed by atoms with Gasteiger partial charge in [0.2, 0.25) is 0 Å². The molecule has 0 spiro atoms. The summed E-state index contributed by atoms with van der Waals surface area (Å²) >= 11 is 3.33. The fourth-order valence-electron chi connectivity index (χ4n) is 1.68. The van der Waals surface area contributed by atoms with E-state index in [1.807, 2.05) is 36.4 Å². The molecule has 0 unspecified atom stereocenters. The Morgan fingerprint density at radius 1 is 1.10 bits per heavy atom. The van der Waals surface area contributed by atoms with Crippen LogP contribution >= 0.6 is 15.9 Å². The van der Waals surface area contributed by atoms with Crippen molar-refractivity contribution >= 4 is 21.8 Å². The average Bonchev–Trinajstić information content (AvgIpc) is 2.48. The zero-order valence-electron chi connectivity index (χ0n) is 10.8. The molecule has 0 aliphatic carbocycles. The van der Waals surface area contributed by atoms with Gasteiger partial charge in [0.1, 0.15) is 0 Å². The molecule has 0 bridgehead atoms. The Bertz CT molecular complexity index is 596. The quantitative estimate of drug-likeness (QED) is 0.824. The summed E-state index contributed by atoms with van der Waals surface area (Å²) in [5, 5.41) is 0. The topological polar surface area (TPSA) is 41.1 Å². The molecule has 0 atom stereocenters.